The summed E-state index contributed by atoms with van der Waals surface area (Å²) in [5, 5.41) is 10.9. The molecule has 2 N–H and O–H groups in total. The molecule has 242 valence electrons. The topological polar surface area (TPSA) is 112 Å². The minimum absolute atomic E-state index is 0.0752. The zero-order chi connectivity index (χ0) is 33.0. The number of hydrogen-bond acceptors (Lipinski definition) is 7. The Hall–Kier alpha value is -4.23. The minimum atomic E-state index is -1.70. The Balaban J connectivity index is 1.76. The van der Waals surface area contributed by atoms with Gasteiger partial charge < -0.3 is 24.1 Å². The van der Waals surface area contributed by atoms with Crippen molar-refractivity contribution in [2.45, 2.75) is 36.4 Å². The average Bonchev–Trinajstić information content (AvgIpc) is 3.48. The highest BCUT2D eigenvalue weighted by Crippen LogP contribution is 2.58. The van der Waals surface area contributed by atoms with Gasteiger partial charge in [-0.1, -0.05) is 103 Å². The van der Waals surface area contributed by atoms with E-state index in [9.17, 15) is 14.7 Å². The molecule has 1 aliphatic rings. The molecule has 0 saturated carbocycles. The van der Waals surface area contributed by atoms with Crippen molar-refractivity contribution in [3.05, 3.63) is 162 Å². The van der Waals surface area contributed by atoms with Gasteiger partial charge >= 0.3 is 5.69 Å². The van der Waals surface area contributed by atoms with Gasteiger partial charge in [0.2, 0.25) is 11.6 Å². The van der Waals surface area contributed by atoms with E-state index in [2.05, 4.69) is 33.6 Å². The highest BCUT2D eigenvalue weighted by atomic mass is 127. The number of rotatable bonds is 11. The Morgan fingerprint density at radius 3 is 2.02 bits per heavy atom. The molecule has 9 nitrogen and oxygen atoms in total. The molecule has 3 atom stereocenters. The summed E-state index contributed by atoms with van der Waals surface area (Å²) in [7, 11) is 2.72. The Kier molecular flexibility index (Phi) is 9.65. The molecule has 0 amide bonds. The number of ether oxygens (including phenoxy) is 4. The molecule has 0 unspecified atom stereocenters. The predicted octanol–water partition coefficient (Wildman–Crippen LogP) is 5.21. The summed E-state index contributed by atoms with van der Waals surface area (Å²) < 4.78 is 27.4. The molecular weight excluding hydrogens is 711 g/mol. The number of H-pyrrole nitrogens is 1. The fraction of sp³-hybridized carbons (Fsp3) is 0.243. The third kappa shape index (κ3) is 5.69. The Labute approximate surface area is 285 Å². The zero-order valence-corrected chi connectivity index (χ0v) is 28.1. The van der Waals surface area contributed by atoms with E-state index in [4.69, 9.17) is 18.9 Å². The van der Waals surface area contributed by atoms with Crippen molar-refractivity contribution < 1.29 is 24.1 Å². The van der Waals surface area contributed by atoms with Gasteiger partial charge in [-0.05, 0) is 57.0 Å². The number of aromatic nitrogens is 2. The van der Waals surface area contributed by atoms with E-state index >= 15 is 0 Å². The second-order valence-corrected chi connectivity index (χ2v) is 12.5. The molecule has 0 bridgehead atoms. The number of halogens is 1. The number of hydrogen-bond donors (Lipinski definition) is 2. The van der Waals surface area contributed by atoms with Gasteiger partial charge in [-0.15, -0.1) is 0 Å². The highest BCUT2D eigenvalue weighted by Gasteiger charge is 2.65. The lowest BCUT2D eigenvalue weighted by Crippen LogP contribution is -2.59. The third-order valence-corrected chi connectivity index (χ3v) is 9.44. The number of nitrogens with one attached hydrogen (secondary N) is 1. The fourth-order valence-corrected chi connectivity index (χ4v) is 7.44. The van der Waals surface area contributed by atoms with Crippen molar-refractivity contribution in [2.75, 3.05) is 20.8 Å². The second-order valence-electron chi connectivity index (χ2n) is 11.3. The summed E-state index contributed by atoms with van der Waals surface area (Å²) in [5.41, 5.74) is -1.15. The smallest absolute Gasteiger partial charge is 0.333 e. The van der Waals surface area contributed by atoms with E-state index in [1.807, 2.05) is 109 Å². The first-order valence-electron chi connectivity index (χ1n) is 15.2. The van der Waals surface area contributed by atoms with Crippen LogP contribution in [0.2, 0.25) is 0 Å². The minimum Gasteiger partial charge on any atom is -0.487 e. The monoisotopic (exact) mass is 746 g/mol. The summed E-state index contributed by atoms with van der Waals surface area (Å²) in [5.74, 6) is -0.314. The first-order chi connectivity index (χ1) is 22.9. The van der Waals surface area contributed by atoms with E-state index in [1.165, 1.54) is 18.8 Å². The van der Waals surface area contributed by atoms with Crippen molar-refractivity contribution in [2.24, 2.45) is 0 Å². The van der Waals surface area contributed by atoms with Gasteiger partial charge in [0.25, 0.3) is 5.56 Å². The molecule has 0 aliphatic carbocycles. The van der Waals surface area contributed by atoms with E-state index in [-0.39, 0.29) is 24.7 Å². The molecule has 1 aromatic heterocycles. The second kappa shape index (κ2) is 13.9. The van der Waals surface area contributed by atoms with E-state index < -0.39 is 41.2 Å². The van der Waals surface area contributed by atoms with Crippen molar-refractivity contribution in [3.63, 3.8) is 0 Å². The van der Waals surface area contributed by atoms with Gasteiger partial charge in [0.1, 0.15) is 6.10 Å². The summed E-state index contributed by atoms with van der Waals surface area (Å²) in [4.78, 5) is 29.9. The molecule has 10 heteroatoms. The van der Waals surface area contributed by atoms with Crippen LogP contribution in [0.1, 0.15) is 28.7 Å². The Bertz CT molecular complexity index is 1890. The van der Waals surface area contributed by atoms with Crippen LogP contribution in [0.3, 0.4) is 0 Å². The number of benzene rings is 4. The lowest BCUT2D eigenvalue weighted by Gasteiger charge is -2.50. The molecule has 0 radical (unpaired) electrons. The number of nitrogens with zero attached hydrogens (tertiary/aromatic N) is 1. The summed E-state index contributed by atoms with van der Waals surface area (Å²) >= 11 is 2.27. The zero-order valence-electron chi connectivity index (χ0n) is 26.0. The summed E-state index contributed by atoms with van der Waals surface area (Å²) in [6, 6.07) is 37.3. The molecule has 0 spiro atoms. The van der Waals surface area contributed by atoms with Gasteiger partial charge in [-0.25, -0.2) is 9.36 Å². The number of methoxy groups -OCH3 is 2. The van der Waals surface area contributed by atoms with Crippen LogP contribution in [-0.2, 0) is 27.2 Å². The van der Waals surface area contributed by atoms with Crippen molar-refractivity contribution in [1.82, 2.24) is 9.55 Å². The average molecular weight is 747 g/mol. The molecule has 6 rings (SSSR count). The maximum atomic E-state index is 14.4. The molecular formula is C37H35IN2O7. The SMILES string of the molecule is COc1c(OC)n([C@@]2(C(c3ccccc3)(c3ccccc3)c3cccc(I)c3)C[C@H](OCc3ccccc3)[C@@H](CO)O2)c(=O)[nH]c1=O. The standard InChI is InChI=1S/C37H35IN2O7/c1-44-32-33(42)39-35(43)40(34(32)45-2)36(22-30(31(23-41)47-36)46-24-25-13-6-3-7-14-25)37(26-15-8-4-9-16-26,27-17-10-5-11-18-27)28-19-12-20-29(38)21-28/h3-21,30-31,41H,22-24H2,1-2H3,(H,39,42,43)/t30-,31+,36-/m0/s1. The lowest BCUT2D eigenvalue weighted by molar-refractivity contribution is -0.152. The molecule has 1 aliphatic heterocycles. The van der Waals surface area contributed by atoms with Crippen molar-refractivity contribution >= 4 is 22.6 Å². The van der Waals surface area contributed by atoms with Gasteiger partial charge in [0, 0.05) is 9.99 Å². The number of aromatic amines is 1. The predicted molar refractivity (Wildman–Crippen MR) is 186 cm³/mol. The van der Waals surface area contributed by atoms with Gasteiger partial charge in [-0.2, -0.15) is 0 Å². The van der Waals surface area contributed by atoms with Crippen LogP contribution < -0.4 is 20.7 Å². The van der Waals surface area contributed by atoms with Crippen LogP contribution in [-0.4, -0.2) is 47.7 Å². The number of aliphatic hydroxyl groups is 1. The van der Waals surface area contributed by atoms with Crippen LogP contribution >= 0.6 is 22.6 Å². The van der Waals surface area contributed by atoms with Gasteiger partial charge in [-0.3, -0.25) is 9.78 Å². The lowest BCUT2D eigenvalue weighted by atomic mass is 9.61. The van der Waals surface area contributed by atoms with Gasteiger partial charge in [0.15, 0.2) is 5.72 Å². The molecule has 1 saturated heterocycles. The van der Waals surface area contributed by atoms with Crippen LogP contribution in [0, 0.1) is 3.57 Å². The highest BCUT2D eigenvalue weighted by molar-refractivity contribution is 14.1. The van der Waals surface area contributed by atoms with Crippen LogP contribution in [0.5, 0.6) is 11.6 Å². The van der Waals surface area contributed by atoms with Gasteiger partial charge in [0.05, 0.1) is 39.0 Å². The van der Waals surface area contributed by atoms with E-state index in [0.29, 0.717) is 0 Å². The quantitative estimate of drug-likeness (QED) is 0.141. The summed E-state index contributed by atoms with van der Waals surface area (Å²) in [6.45, 7) is -0.153. The maximum absolute atomic E-state index is 14.4. The normalized spacial score (nSPS) is 19.4. The first-order valence-corrected chi connectivity index (χ1v) is 16.3. The van der Waals surface area contributed by atoms with E-state index in [1.54, 1.807) is 0 Å². The number of aliphatic hydroxyl groups excluding tert-OH is 1. The van der Waals surface area contributed by atoms with Crippen LogP contribution in [0.4, 0.5) is 0 Å². The Morgan fingerprint density at radius 2 is 1.47 bits per heavy atom. The van der Waals surface area contributed by atoms with Crippen LogP contribution in [0.25, 0.3) is 0 Å². The van der Waals surface area contributed by atoms with Crippen molar-refractivity contribution in [1.29, 1.82) is 0 Å². The molecule has 2 heterocycles. The fourth-order valence-electron chi connectivity index (χ4n) is 6.90. The van der Waals surface area contributed by atoms with E-state index in [0.717, 1.165) is 25.8 Å². The molecule has 47 heavy (non-hydrogen) atoms. The maximum Gasteiger partial charge on any atom is 0.333 e. The first kappa shape index (κ1) is 32.7. The molecule has 1 fully saturated rings. The Morgan fingerprint density at radius 1 is 0.872 bits per heavy atom. The van der Waals surface area contributed by atoms with Crippen molar-refractivity contribution in [3.8, 4) is 11.6 Å². The van der Waals surface area contributed by atoms with Crippen LogP contribution in [0.15, 0.2) is 125 Å². The molecule has 4 aromatic carbocycles. The largest absolute Gasteiger partial charge is 0.487 e. The third-order valence-electron chi connectivity index (χ3n) is 8.77. The summed E-state index contributed by atoms with van der Waals surface area (Å²) in [6.07, 6.45) is -1.49. The molecule has 5 aromatic rings.